The van der Waals surface area contributed by atoms with E-state index < -0.39 is 0 Å². The fourth-order valence-electron chi connectivity index (χ4n) is 2.48. The highest BCUT2D eigenvalue weighted by molar-refractivity contribution is 7.17. The summed E-state index contributed by atoms with van der Waals surface area (Å²) in [6, 6.07) is 10.5. The molecule has 108 valence electrons. The summed E-state index contributed by atoms with van der Waals surface area (Å²) in [6.45, 7) is 3.23. The quantitative estimate of drug-likeness (QED) is 0.689. The molecule has 0 spiro atoms. The summed E-state index contributed by atoms with van der Waals surface area (Å²) < 4.78 is 0. The van der Waals surface area contributed by atoms with Gasteiger partial charge in [0, 0.05) is 24.5 Å². The van der Waals surface area contributed by atoms with Crippen LogP contribution in [0, 0.1) is 0 Å². The topological polar surface area (TPSA) is 29.0 Å². The number of hydrogen-bond acceptors (Lipinski definition) is 4. The maximum atomic E-state index is 4.54. The second kappa shape index (κ2) is 6.22. The summed E-state index contributed by atoms with van der Waals surface area (Å²) in [6.07, 6.45) is 4.03. The first kappa shape index (κ1) is 14.0. The molecule has 3 nitrogen and oxygen atoms in total. The minimum Gasteiger partial charge on any atom is -0.359 e. The fraction of sp³-hybridized carbons (Fsp3) is 0.294. The molecule has 3 rings (SSSR count). The molecule has 3 aromatic rings. The summed E-state index contributed by atoms with van der Waals surface area (Å²) in [4.78, 5) is 12.3. The molecule has 0 atom stereocenters. The average Bonchev–Trinajstić information content (AvgIpc) is 2.97. The fourth-order valence-corrected chi connectivity index (χ4v) is 3.39. The molecule has 0 fully saturated rings. The van der Waals surface area contributed by atoms with Crippen LogP contribution in [-0.4, -0.2) is 23.6 Å². The smallest absolute Gasteiger partial charge is 0.141 e. The molecule has 0 aliphatic rings. The molecule has 0 unspecified atom stereocenters. The third kappa shape index (κ3) is 2.76. The van der Waals surface area contributed by atoms with Crippen molar-refractivity contribution >= 4 is 27.4 Å². The molecule has 0 aliphatic carbocycles. The van der Waals surface area contributed by atoms with E-state index in [1.807, 2.05) is 6.07 Å². The molecular weight excluding hydrogens is 278 g/mol. The molecule has 0 saturated heterocycles. The van der Waals surface area contributed by atoms with Crippen LogP contribution in [0.5, 0.6) is 0 Å². The van der Waals surface area contributed by atoms with Crippen LogP contribution in [0.3, 0.4) is 0 Å². The normalized spacial score (nSPS) is 11.0. The predicted octanol–water partition coefficient (Wildman–Crippen LogP) is 4.59. The van der Waals surface area contributed by atoms with Crippen molar-refractivity contribution in [2.24, 2.45) is 0 Å². The summed E-state index contributed by atoms with van der Waals surface area (Å²) >= 11 is 1.69. The highest BCUT2D eigenvalue weighted by Crippen LogP contribution is 2.37. The number of thiophene rings is 1. The van der Waals surface area contributed by atoms with E-state index in [1.165, 1.54) is 29.4 Å². The maximum absolute atomic E-state index is 4.54. The van der Waals surface area contributed by atoms with Crippen molar-refractivity contribution in [1.82, 2.24) is 9.97 Å². The lowest BCUT2D eigenvalue weighted by atomic mass is 10.1. The molecule has 0 saturated carbocycles. The van der Waals surface area contributed by atoms with E-state index in [2.05, 4.69) is 58.5 Å². The van der Waals surface area contributed by atoms with E-state index in [0.29, 0.717) is 0 Å². The number of fused-ring (bicyclic) bond motifs is 1. The number of anilines is 1. The number of rotatable bonds is 5. The Hall–Kier alpha value is -1.94. The largest absolute Gasteiger partial charge is 0.359 e. The van der Waals surface area contributed by atoms with Gasteiger partial charge in [-0.3, -0.25) is 0 Å². The van der Waals surface area contributed by atoms with Gasteiger partial charge in [0.15, 0.2) is 0 Å². The third-order valence-electron chi connectivity index (χ3n) is 3.64. The van der Waals surface area contributed by atoms with E-state index in [9.17, 15) is 0 Å². The molecule has 0 radical (unpaired) electrons. The number of unbranched alkanes of at least 4 members (excludes halogenated alkanes) is 1. The van der Waals surface area contributed by atoms with Crippen LogP contribution in [0.4, 0.5) is 5.82 Å². The zero-order valence-corrected chi connectivity index (χ0v) is 13.2. The molecule has 0 N–H and O–H groups in total. The Bertz CT molecular complexity index is 721. The predicted molar refractivity (Wildman–Crippen MR) is 91.0 cm³/mol. The summed E-state index contributed by atoms with van der Waals surface area (Å²) in [5.41, 5.74) is 2.46. The van der Waals surface area contributed by atoms with Gasteiger partial charge in [-0.1, -0.05) is 43.7 Å². The summed E-state index contributed by atoms with van der Waals surface area (Å²) in [7, 11) is 2.11. The third-order valence-corrected chi connectivity index (χ3v) is 4.53. The van der Waals surface area contributed by atoms with Gasteiger partial charge in [0.25, 0.3) is 0 Å². The van der Waals surface area contributed by atoms with Gasteiger partial charge in [-0.15, -0.1) is 11.3 Å². The van der Waals surface area contributed by atoms with E-state index in [-0.39, 0.29) is 0 Å². The van der Waals surface area contributed by atoms with Crippen molar-refractivity contribution in [1.29, 1.82) is 0 Å². The first-order valence-corrected chi connectivity index (χ1v) is 8.18. The first-order valence-electron chi connectivity index (χ1n) is 7.30. The van der Waals surface area contributed by atoms with Crippen molar-refractivity contribution < 1.29 is 0 Å². The Morgan fingerprint density at radius 1 is 1.14 bits per heavy atom. The van der Waals surface area contributed by atoms with E-state index >= 15 is 0 Å². The summed E-state index contributed by atoms with van der Waals surface area (Å²) in [5, 5.41) is 3.36. The Kier molecular flexibility index (Phi) is 4.15. The minimum atomic E-state index is 1.02. The Balaban J connectivity index is 2.11. The molecule has 2 heterocycles. The van der Waals surface area contributed by atoms with E-state index in [1.54, 1.807) is 17.7 Å². The van der Waals surface area contributed by atoms with Gasteiger partial charge < -0.3 is 4.90 Å². The molecule has 0 amide bonds. The van der Waals surface area contributed by atoms with E-state index in [4.69, 9.17) is 0 Å². The average molecular weight is 297 g/mol. The van der Waals surface area contributed by atoms with Crippen LogP contribution in [0.1, 0.15) is 19.8 Å². The van der Waals surface area contributed by atoms with E-state index in [0.717, 1.165) is 17.2 Å². The van der Waals surface area contributed by atoms with Gasteiger partial charge >= 0.3 is 0 Å². The van der Waals surface area contributed by atoms with Crippen LogP contribution >= 0.6 is 11.3 Å². The number of nitrogens with zero attached hydrogens (tertiary/aromatic N) is 3. The molecule has 0 aliphatic heterocycles. The molecule has 0 bridgehead atoms. The van der Waals surface area contributed by atoms with Crippen molar-refractivity contribution in [3.63, 3.8) is 0 Å². The van der Waals surface area contributed by atoms with Crippen LogP contribution in [-0.2, 0) is 0 Å². The Labute approximate surface area is 129 Å². The van der Waals surface area contributed by atoms with Crippen molar-refractivity contribution in [2.75, 3.05) is 18.5 Å². The van der Waals surface area contributed by atoms with Gasteiger partial charge in [0.1, 0.15) is 17.0 Å². The number of benzene rings is 1. The molecule has 2 aromatic heterocycles. The minimum absolute atomic E-state index is 1.02. The number of hydrogen-bond donors (Lipinski definition) is 0. The summed E-state index contributed by atoms with van der Waals surface area (Å²) in [5.74, 6) is 1.04. The van der Waals surface area contributed by atoms with Gasteiger partial charge in [0.2, 0.25) is 0 Å². The maximum Gasteiger partial charge on any atom is 0.141 e. The van der Waals surface area contributed by atoms with Gasteiger partial charge in [-0.05, 0) is 12.0 Å². The zero-order valence-electron chi connectivity index (χ0n) is 12.4. The molecule has 21 heavy (non-hydrogen) atoms. The van der Waals surface area contributed by atoms with Crippen LogP contribution in [0.2, 0.25) is 0 Å². The molecular formula is C17H19N3S. The SMILES string of the molecule is CCCCN(C)c1ncnc2scc(-c3ccccc3)c12. The lowest BCUT2D eigenvalue weighted by molar-refractivity contribution is 0.761. The van der Waals surface area contributed by atoms with Gasteiger partial charge in [0.05, 0.1) is 5.39 Å². The van der Waals surface area contributed by atoms with Crippen molar-refractivity contribution in [3.8, 4) is 11.1 Å². The monoisotopic (exact) mass is 297 g/mol. The van der Waals surface area contributed by atoms with Gasteiger partial charge in [-0.25, -0.2) is 9.97 Å². The zero-order chi connectivity index (χ0) is 14.7. The lowest BCUT2D eigenvalue weighted by Crippen LogP contribution is -2.19. The molecule has 4 heteroatoms. The highest BCUT2D eigenvalue weighted by Gasteiger charge is 2.15. The highest BCUT2D eigenvalue weighted by atomic mass is 32.1. The standard InChI is InChI=1S/C17H19N3S/c1-3-4-10-20(2)16-15-14(13-8-6-5-7-9-13)11-21-17(15)19-12-18-16/h5-9,11-12H,3-4,10H2,1-2H3. The van der Waals surface area contributed by atoms with Gasteiger partial charge in [-0.2, -0.15) is 0 Å². The Morgan fingerprint density at radius 3 is 2.71 bits per heavy atom. The van der Waals surface area contributed by atoms with Crippen LogP contribution in [0.25, 0.3) is 21.3 Å². The Morgan fingerprint density at radius 2 is 1.95 bits per heavy atom. The van der Waals surface area contributed by atoms with Crippen LogP contribution in [0.15, 0.2) is 42.0 Å². The molecule has 1 aromatic carbocycles. The van der Waals surface area contributed by atoms with Crippen molar-refractivity contribution in [2.45, 2.75) is 19.8 Å². The first-order chi connectivity index (χ1) is 10.3. The second-order valence-corrected chi connectivity index (χ2v) is 6.03. The number of aromatic nitrogens is 2. The lowest BCUT2D eigenvalue weighted by Gasteiger charge is -2.19. The second-order valence-electron chi connectivity index (χ2n) is 5.17. The van der Waals surface area contributed by atoms with Crippen molar-refractivity contribution in [3.05, 3.63) is 42.0 Å². The van der Waals surface area contributed by atoms with Crippen LogP contribution < -0.4 is 4.90 Å².